The Bertz CT molecular complexity index is 906. The highest BCUT2D eigenvalue weighted by molar-refractivity contribution is 7.87. The van der Waals surface area contributed by atoms with Crippen molar-refractivity contribution in [3.05, 3.63) is 71.8 Å². The molecule has 152 valence electrons. The number of hydrogen-bond donors (Lipinski definition) is 0. The third-order valence-electron chi connectivity index (χ3n) is 3.83. The van der Waals surface area contributed by atoms with Crippen LogP contribution < -0.4 is 0 Å². The number of benzene rings is 2. The molecule has 28 heavy (non-hydrogen) atoms. The Balaban J connectivity index is 1.70. The molecule has 8 heteroatoms. The minimum Gasteiger partial charge on any atom is -0.266 e. The summed E-state index contributed by atoms with van der Waals surface area (Å²) < 4.78 is 58.0. The van der Waals surface area contributed by atoms with E-state index in [0.29, 0.717) is 12.8 Å². The molecule has 2 aromatic carbocycles. The molecular formula is C20H24O6S2. The number of rotatable bonds is 10. The summed E-state index contributed by atoms with van der Waals surface area (Å²) in [5, 5.41) is 0. The first-order valence-corrected chi connectivity index (χ1v) is 11.6. The van der Waals surface area contributed by atoms with Crippen molar-refractivity contribution in [3.63, 3.8) is 0 Å². The third-order valence-corrected chi connectivity index (χ3v) is 6.48. The van der Waals surface area contributed by atoms with Crippen molar-refractivity contribution in [1.29, 1.82) is 0 Å². The first kappa shape index (κ1) is 22.3. The van der Waals surface area contributed by atoms with Crippen molar-refractivity contribution in [2.24, 2.45) is 0 Å². The summed E-state index contributed by atoms with van der Waals surface area (Å²) in [6, 6.07) is 12.9. The van der Waals surface area contributed by atoms with Crippen molar-refractivity contribution >= 4 is 20.2 Å². The van der Waals surface area contributed by atoms with E-state index in [1.807, 2.05) is 13.8 Å². The molecule has 2 aromatic rings. The number of hydrogen-bond acceptors (Lipinski definition) is 6. The Morgan fingerprint density at radius 1 is 0.643 bits per heavy atom. The average Bonchev–Trinajstić information content (AvgIpc) is 2.64. The predicted octanol–water partition coefficient (Wildman–Crippen LogP) is 3.75. The summed E-state index contributed by atoms with van der Waals surface area (Å²) in [6.07, 6.45) is 4.23. The van der Waals surface area contributed by atoms with Crippen molar-refractivity contribution in [2.75, 3.05) is 13.2 Å². The molecule has 0 saturated carbocycles. The van der Waals surface area contributed by atoms with Gasteiger partial charge in [0.2, 0.25) is 0 Å². The van der Waals surface area contributed by atoms with Crippen LogP contribution in [0.3, 0.4) is 0 Å². The van der Waals surface area contributed by atoms with E-state index in [9.17, 15) is 16.8 Å². The maximum absolute atomic E-state index is 12.0. The van der Waals surface area contributed by atoms with Crippen LogP contribution in [0.15, 0.2) is 70.5 Å². The molecule has 0 bridgehead atoms. The Kier molecular flexibility index (Phi) is 7.94. The fourth-order valence-corrected chi connectivity index (χ4v) is 4.08. The van der Waals surface area contributed by atoms with Crippen LogP contribution in [0.2, 0.25) is 0 Å². The van der Waals surface area contributed by atoms with Crippen LogP contribution in [0.25, 0.3) is 0 Å². The summed E-state index contributed by atoms with van der Waals surface area (Å²) in [5.74, 6) is 0. The fraction of sp³-hybridized carbons (Fsp3) is 0.300. The van der Waals surface area contributed by atoms with Gasteiger partial charge in [-0.1, -0.05) is 47.5 Å². The van der Waals surface area contributed by atoms with Gasteiger partial charge in [-0.05, 0) is 51.0 Å². The molecule has 0 aliphatic heterocycles. The smallest absolute Gasteiger partial charge is 0.266 e. The van der Waals surface area contributed by atoms with Gasteiger partial charge in [0.15, 0.2) is 0 Å². The minimum absolute atomic E-state index is 0.00916. The second-order valence-corrected chi connectivity index (χ2v) is 9.46. The van der Waals surface area contributed by atoms with Gasteiger partial charge in [0.05, 0.1) is 23.0 Å². The van der Waals surface area contributed by atoms with E-state index in [1.165, 1.54) is 24.3 Å². The topological polar surface area (TPSA) is 86.7 Å². The van der Waals surface area contributed by atoms with Gasteiger partial charge in [-0.15, -0.1) is 0 Å². The van der Waals surface area contributed by atoms with Crippen molar-refractivity contribution < 1.29 is 25.2 Å². The van der Waals surface area contributed by atoms with Crippen LogP contribution in [0.4, 0.5) is 0 Å². The molecule has 0 unspecified atom stereocenters. The lowest BCUT2D eigenvalue weighted by molar-refractivity contribution is 0.320. The molecular weight excluding hydrogens is 400 g/mol. The zero-order valence-corrected chi connectivity index (χ0v) is 17.5. The van der Waals surface area contributed by atoms with Crippen LogP contribution in [0.5, 0.6) is 0 Å². The maximum Gasteiger partial charge on any atom is 0.296 e. The molecule has 0 aliphatic carbocycles. The van der Waals surface area contributed by atoms with E-state index in [-0.39, 0.29) is 23.0 Å². The molecule has 0 saturated heterocycles. The standard InChI is InChI=1S/C20H24O6S2/c1-17-7-11-19(12-8-17)27(21,22)25-15-5-3-4-6-16-26-28(23,24)20-13-9-18(2)10-14-20/h3-4,7-14H,5-6,15-16H2,1-2H3. The van der Waals surface area contributed by atoms with Gasteiger partial charge in [0.1, 0.15) is 0 Å². The van der Waals surface area contributed by atoms with Gasteiger partial charge >= 0.3 is 0 Å². The van der Waals surface area contributed by atoms with E-state index in [0.717, 1.165) is 11.1 Å². The SMILES string of the molecule is Cc1ccc(S(=O)(=O)OCCC=CCCOS(=O)(=O)c2ccc(C)cc2)cc1. The van der Waals surface area contributed by atoms with Gasteiger partial charge in [-0.3, -0.25) is 8.37 Å². The molecule has 0 radical (unpaired) electrons. The molecule has 0 heterocycles. The van der Waals surface area contributed by atoms with E-state index in [4.69, 9.17) is 8.37 Å². The zero-order valence-electron chi connectivity index (χ0n) is 15.9. The third kappa shape index (κ3) is 6.87. The molecule has 0 spiro atoms. The van der Waals surface area contributed by atoms with Crippen molar-refractivity contribution in [2.45, 2.75) is 36.5 Å². The van der Waals surface area contributed by atoms with E-state index in [2.05, 4.69) is 0 Å². The Morgan fingerprint density at radius 2 is 0.964 bits per heavy atom. The van der Waals surface area contributed by atoms with Crippen LogP contribution in [-0.4, -0.2) is 30.0 Å². The van der Waals surface area contributed by atoms with Gasteiger partial charge in [-0.25, -0.2) is 0 Å². The summed E-state index contributed by atoms with van der Waals surface area (Å²) in [4.78, 5) is 0.244. The summed E-state index contributed by atoms with van der Waals surface area (Å²) in [7, 11) is -7.53. The molecule has 0 N–H and O–H groups in total. The largest absolute Gasteiger partial charge is 0.296 e. The number of aryl methyl sites for hydroxylation is 2. The summed E-state index contributed by atoms with van der Waals surface area (Å²) >= 11 is 0. The molecule has 2 rings (SSSR count). The zero-order chi connectivity index (χ0) is 20.6. The van der Waals surface area contributed by atoms with Crippen LogP contribution in [0, 0.1) is 13.8 Å². The monoisotopic (exact) mass is 424 g/mol. The average molecular weight is 425 g/mol. The van der Waals surface area contributed by atoms with Gasteiger partial charge in [0.25, 0.3) is 20.2 Å². The van der Waals surface area contributed by atoms with Crippen LogP contribution in [0.1, 0.15) is 24.0 Å². The molecule has 0 aromatic heterocycles. The predicted molar refractivity (Wildman–Crippen MR) is 107 cm³/mol. The highest BCUT2D eigenvalue weighted by Gasteiger charge is 2.15. The normalized spacial score (nSPS) is 12.5. The molecule has 0 fully saturated rings. The maximum atomic E-state index is 12.0. The van der Waals surface area contributed by atoms with Gasteiger partial charge < -0.3 is 0 Å². The van der Waals surface area contributed by atoms with Crippen LogP contribution >= 0.6 is 0 Å². The Morgan fingerprint density at radius 3 is 1.29 bits per heavy atom. The van der Waals surface area contributed by atoms with E-state index >= 15 is 0 Å². The first-order chi connectivity index (χ1) is 13.2. The van der Waals surface area contributed by atoms with E-state index < -0.39 is 20.2 Å². The van der Waals surface area contributed by atoms with Crippen molar-refractivity contribution in [3.8, 4) is 0 Å². The minimum atomic E-state index is -3.77. The lowest BCUT2D eigenvalue weighted by Crippen LogP contribution is -2.07. The Labute approximate surface area is 167 Å². The second-order valence-electron chi connectivity index (χ2n) is 6.23. The highest BCUT2D eigenvalue weighted by atomic mass is 32.2. The molecule has 6 nitrogen and oxygen atoms in total. The molecule has 0 atom stereocenters. The fourth-order valence-electron chi connectivity index (χ4n) is 2.23. The lowest BCUT2D eigenvalue weighted by atomic mass is 10.2. The lowest BCUT2D eigenvalue weighted by Gasteiger charge is -2.05. The first-order valence-electron chi connectivity index (χ1n) is 8.78. The van der Waals surface area contributed by atoms with Gasteiger partial charge in [-0.2, -0.15) is 16.8 Å². The quantitative estimate of drug-likeness (QED) is 0.328. The highest BCUT2D eigenvalue weighted by Crippen LogP contribution is 2.14. The summed E-state index contributed by atoms with van der Waals surface area (Å²) in [5.41, 5.74) is 1.93. The molecule has 0 amide bonds. The van der Waals surface area contributed by atoms with Gasteiger partial charge in [0, 0.05) is 0 Å². The van der Waals surface area contributed by atoms with Crippen LogP contribution in [-0.2, 0) is 28.6 Å². The van der Waals surface area contributed by atoms with E-state index in [1.54, 1.807) is 36.4 Å². The Hall–Kier alpha value is -2.00. The molecule has 0 aliphatic rings. The summed E-state index contributed by atoms with van der Waals surface area (Å²) in [6.45, 7) is 3.76. The second kappa shape index (κ2) is 9.97. The van der Waals surface area contributed by atoms with Crippen molar-refractivity contribution in [1.82, 2.24) is 0 Å².